The molecule has 2 rings (SSSR count). The van der Waals surface area contributed by atoms with E-state index >= 15 is 0 Å². The number of carbonyl (C=O) groups is 1. The predicted molar refractivity (Wildman–Crippen MR) is 68.3 cm³/mol. The van der Waals surface area contributed by atoms with E-state index in [1.54, 1.807) is 13.2 Å². The fourth-order valence-corrected chi connectivity index (χ4v) is 1.83. The van der Waals surface area contributed by atoms with Crippen molar-refractivity contribution in [1.82, 2.24) is 0 Å². The number of methoxy groups -OCH3 is 1. The Morgan fingerprint density at radius 1 is 1.24 bits per heavy atom. The van der Waals surface area contributed by atoms with Crippen LogP contribution < -0.4 is 10.5 Å². The molecule has 0 aliphatic carbocycles. The van der Waals surface area contributed by atoms with Crippen LogP contribution in [0.4, 0.5) is 0 Å². The van der Waals surface area contributed by atoms with Crippen LogP contribution in [0.25, 0.3) is 10.8 Å². The average molecular weight is 250 g/mol. The van der Waals surface area contributed by atoms with Gasteiger partial charge in [-0.05, 0) is 34.5 Å². The van der Waals surface area contributed by atoms with Crippen molar-refractivity contribution in [1.29, 1.82) is 0 Å². The lowest BCUT2D eigenvalue weighted by Crippen LogP contribution is -2.16. The summed E-state index contributed by atoms with van der Waals surface area (Å²) in [6, 6.07) is 11.3. The minimum atomic E-state index is -0.790. The number of ether oxygens (including phenoxy) is 1. The summed E-state index contributed by atoms with van der Waals surface area (Å²) in [5.41, 5.74) is 5.87. The van der Waals surface area contributed by atoms with Crippen LogP contribution in [0.2, 0.25) is 0 Å². The molecule has 0 saturated carbocycles. The van der Waals surface area contributed by atoms with Gasteiger partial charge in [0.25, 0.3) is 0 Å². The highest BCUT2D eigenvalue weighted by Crippen LogP contribution is 2.26. The Kier molecular flexibility index (Phi) is 3.20. The summed E-state index contributed by atoms with van der Waals surface area (Å²) in [5, 5.41) is 1.23. The molecule has 0 bridgehead atoms. The van der Waals surface area contributed by atoms with E-state index in [9.17, 15) is 4.79 Å². The van der Waals surface area contributed by atoms with E-state index in [2.05, 4.69) is 0 Å². The van der Waals surface area contributed by atoms with Crippen molar-refractivity contribution in [2.75, 3.05) is 7.11 Å². The van der Waals surface area contributed by atoms with Gasteiger partial charge in [-0.2, -0.15) is 0 Å². The lowest BCUT2D eigenvalue weighted by Gasteiger charge is -2.08. The highest BCUT2D eigenvalue weighted by molar-refractivity contribution is 6.30. The average Bonchev–Trinajstić information content (AvgIpc) is 2.36. The van der Waals surface area contributed by atoms with E-state index < -0.39 is 11.3 Å². The number of benzene rings is 2. The van der Waals surface area contributed by atoms with Gasteiger partial charge in [0.2, 0.25) is 5.91 Å². The summed E-state index contributed by atoms with van der Waals surface area (Å²) in [6.45, 7) is 0. The van der Waals surface area contributed by atoms with Crippen LogP contribution in [-0.2, 0) is 4.79 Å². The van der Waals surface area contributed by atoms with Crippen molar-refractivity contribution < 1.29 is 9.53 Å². The molecule has 2 N–H and O–H groups in total. The lowest BCUT2D eigenvalue weighted by atomic mass is 10.0. The summed E-state index contributed by atoms with van der Waals surface area (Å²) < 4.78 is 5.14. The summed E-state index contributed by atoms with van der Waals surface area (Å²) >= 11 is 5.90. The van der Waals surface area contributed by atoms with E-state index in [-0.39, 0.29) is 0 Å². The summed E-state index contributed by atoms with van der Waals surface area (Å²) in [4.78, 5) is 11.0. The van der Waals surface area contributed by atoms with Crippen LogP contribution in [0.3, 0.4) is 0 Å². The summed E-state index contributed by atoms with van der Waals surface area (Å²) in [7, 11) is 1.62. The second-order valence-electron chi connectivity index (χ2n) is 3.74. The molecule has 0 aliphatic heterocycles. The predicted octanol–water partition coefficient (Wildman–Crippen LogP) is 2.61. The molecule has 1 atom stereocenters. The standard InChI is InChI=1S/C13H12ClNO2/c1-17-11-5-4-8-6-10(12(14)13(15)16)3-2-9(8)7-11/h2-7,12H,1H3,(H2,15,16). The van der Waals surface area contributed by atoms with Crippen LogP contribution in [0.1, 0.15) is 10.9 Å². The molecule has 2 aromatic rings. The number of primary amides is 1. The Labute approximate surface area is 104 Å². The highest BCUT2D eigenvalue weighted by Gasteiger charge is 2.14. The molecule has 88 valence electrons. The van der Waals surface area contributed by atoms with Gasteiger partial charge in [-0.1, -0.05) is 18.2 Å². The molecule has 0 aromatic heterocycles. The van der Waals surface area contributed by atoms with Crippen molar-refractivity contribution in [3.63, 3.8) is 0 Å². The van der Waals surface area contributed by atoms with Gasteiger partial charge in [-0.15, -0.1) is 11.6 Å². The van der Waals surface area contributed by atoms with E-state index in [0.29, 0.717) is 5.56 Å². The van der Waals surface area contributed by atoms with Crippen LogP contribution in [-0.4, -0.2) is 13.0 Å². The summed E-state index contributed by atoms with van der Waals surface area (Å²) in [6.07, 6.45) is 0. The van der Waals surface area contributed by atoms with Crippen molar-refractivity contribution in [3.05, 3.63) is 42.0 Å². The third-order valence-corrected chi connectivity index (χ3v) is 3.08. The Morgan fingerprint density at radius 3 is 2.53 bits per heavy atom. The Morgan fingerprint density at radius 2 is 1.88 bits per heavy atom. The molecule has 17 heavy (non-hydrogen) atoms. The molecule has 0 radical (unpaired) electrons. The van der Waals surface area contributed by atoms with E-state index in [1.807, 2.05) is 30.3 Å². The number of amides is 1. The van der Waals surface area contributed by atoms with Gasteiger partial charge in [-0.3, -0.25) is 4.79 Å². The topological polar surface area (TPSA) is 52.3 Å². The number of fused-ring (bicyclic) bond motifs is 1. The summed E-state index contributed by atoms with van der Waals surface area (Å²) in [5.74, 6) is 0.252. The van der Waals surface area contributed by atoms with Gasteiger partial charge in [0.15, 0.2) is 0 Å². The molecule has 0 heterocycles. The first kappa shape index (κ1) is 11.7. The van der Waals surface area contributed by atoms with Crippen LogP contribution in [0.5, 0.6) is 5.75 Å². The number of nitrogens with two attached hydrogens (primary N) is 1. The van der Waals surface area contributed by atoms with Gasteiger partial charge in [0, 0.05) is 0 Å². The molecule has 1 unspecified atom stereocenters. The fraction of sp³-hybridized carbons (Fsp3) is 0.154. The first-order valence-corrected chi connectivity index (χ1v) is 5.56. The minimum absolute atomic E-state index is 0.542. The van der Waals surface area contributed by atoms with Crippen molar-refractivity contribution >= 4 is 28.3 Å². The Bertz CT molecular complexity index is 568. The maximum absolute atomic E-state index is 11.0. The third kappa shape index (κ3) is 2.34. The van der Waals surface area contributed by atoms with E-state index in [0.717, 1.165) is 16.5 Å². The van der Waals surface area contributed by atoms with Crippen molar-refractivity contribution in [3.8, 4) is 5.75 Å². The number of hydrogen-bond donors (Lipinski definition) is 1. The number of carbonyl (C=O) groups excluding carboxylic acids is 1. The molecule has 0 aliphatic rings. The van der Waals surface area contributed by atoms with Crippen molar-refractivity contribution in [2.24, 2.45) is 5.73 Å². The number of alkyl halides is 1. The number of rotatable bonds is 3. The Balaban J connectivity index is 2.48. The second kappa shape index (κ2) is 4.63. The second-order valence-corrected chi connectivity index (χ2v) is 4.17. The lowest BCUT2D eigenvalue weighted by molar-refractivity contribution is -0.117. The first-order valence-electron chi connectivity index (χ1n) is 5.13. The molecule has 0 saturated heterocycles. The molecule has 1 amide bonds. The van der Waals surface area contributed by atoms with Gasteiger partial charge < -0.3 is 10.5 Å². The monoisotopic (exact) mass is 249 g/mol. The smallest absolute Gasteiger partial charge is 0.240 e. The number of hydrogen-bond acceptors (Lipinski definition) is 2. The molecule has 0 fully saturated rings. The van der Waals surface area contributed by atoms with E-state index in [1.165, 1.54) is 0 Å². The largest absolute Gasteiger partial charge is 0.497 e. The zero-order valence-corrected chi connectivity index (χ0v) is 10.1. The van der Waals surface area contributed by atoms with Crippen LogP contribution >= 0.6 is 11.6 Å². The third-order valence-electron chi connectivity index (χ3n) is 2.61. The molecule has 4 heteroatoms. The highest BCUT2D eigenvalue weighted by atomic mass is 35.5. The molecule has 3 nitrogen and oxygen atoms in total. The zero-order valence-electron chi connectivity index (χ0n) is 9.31. The SMILES string of the molecule is COc1ccc2cc(C(Cl)C(N)=O)ccc2c1. The zero-order chi connectivity index (χ0) is 12.4. The van der Waals surface area contributed by atoms with Gasteiger partial charge in [0.1, 0.15) is 11.1 Å². The van der Waals surface area contributed by atoms with Crippen LogP contribution in [0.15, 0.2) is 36.4 Å². The molecular formula is C13H12ClNO2. The normalized spacial score (nSPS) is 12.4. The van der Waals surface area contributed by atoms with E-state index in [4.69, 9.17) is 22.1 Å². The van der Waals surface area contributed by atoms with Gasteiger partial charge in [0.05, 0.1) is 7.11 Å². The molecule has 2 aromatic carbocycles. The number of halogens is 1. The quantitative estimate of drug-likeness (QED) is 0.850. The van der Waals surface area contributed by atoms with Crippen LogP contribution in [0, 0.1) is 0 Å². The Hall–Kier alpha value is -1.74. The molecule has 0 spiro atoms. The van der Waals surface area contributed by atoms with Gasteiger partial charge >= 0.3 is 0 Å². The fourth-order valence-electron chi connectivity index (χ4n) is 1.69. The van der Waals surface area contributed by atoms with Gasteiger partial charge in [-0.25, -0.2) is 0 Å². The molecular weight excluding hydrogens is 238 g/mol. The first-order chi connectivity index (χ1) is 8.11. The van der Waals surface area contributed by atoms with Crippen molar-refractivity contribution in [2.45, 2.75) is 5.38 Å². The maximum atomic E-state index is 11.0. The maximum Gasteiger partial charge on any atom is 0.240 e. The minimum Gasteiger partial charge on any atom is -0.497 e.